The minimum absolute atomic E-state index is 0.316. The molecule has 3 rings (SSSR count). The van der Waals surface area contributed by atoms with Gasteiger partial charge in [-0.05, 0) is 31.2 Å². The van der Waals surface area contributed by atoms with Gasteiger partial charge in [0.2, 0.25) is 17.7 Å². The number of carbonyl (C=O) groups excluding carboxylic acids is 3. The number of imidazole rings is 1. The second kappa shape index (κ2) is 12.3. The molecule has 4 N–H and O–H groups in total. The van der Waals surface area contributed by atoms with Crippen LogP contribution in [-0.2, 0) is 27.3 Å². The van der Waals surface area contributed by atoms with E-state index < -0.39 is 31.1 Å². The van der Waals surface area contributed by atoms with E-state index >= 15 is 0 Å². The predicted molar refractivity (Wildman–Crippen MR) is 126 cm³/mol. The molecule has 1 unspecified atom stereocenters. The zero-order valence-corrected chi connectivity index (χ0v) is 19.3. The van der Waals surface area contributed by atoms with Crippen molar-refractivity contribution >= 4 is 24.8 Å². The van der Waals surface area contributed by atoms with Crippen LogP contribution >= 0.6 is 0 Å². The summed E-state index contributed by atoms with van der Waals surface area (Å²) in [5.74, 6) is -1.93. The van der Waals surface area contributed by atoms with Crippen molar-refractivity contribution in [2.45, 2.75) is 63.6 Å². The highest BCUT2D eigenvalue weighted by molar-refractivity contribution is 6.43. The van der Waals surface area contributed by atoms with Crippen LogP contribution in [0.2, 0.25) is 0 Å². The molecular weight excluding hydrogens is 437 g/mol. The fourth-order valence-corrected chi connectivity index (χ4v) is 4.29. The molecule has 1 aliphatic rings. The molecule has 1 aromatic heterocycles. The van der Waals surface area contributed by atoms with Crippen LogP contribution in [0, 0.1) is 0 Å². The molecule has 2 heterocycles. The van der Waals surface area contributed by atoms with Gasteiger partial charge in [-0.3, -0.25) is 14.4 Å². The number of nitrogens with zero attached hydrogens (tertiary/aromatic N) is 3. The molecule has 0 spiro atoms. The molecular formula is C23H32BN5O5. The Balaban J connectivity index is 1.63. The van der Waals surface area contributed by atoms with Gasteiger partial charge in [0.1, 0.15) is 12.1 Å². The van der Waals surface area contributed by atoms with Gasteiger partial charge >= 0.3 is 7.12 Å². The maximum Gasteiger partial charge on any atom is 0.475 e. The highest BCUT2D eigenvalue weighted by atomic mass is 16.4. The maximum absolute atomic E-state index is 13.3. The lowest BCUT2D eigenvalue weighted by Gasteiger charge is -2.30. The fourth-order valence-electron chi connectivity index (χ4n) is 4.29. The minimum Gasteiger partial charge on any atom is -0.426 e. The first-order valence-electron chi connectivity index (χ1n) is 11.6. The first-order chi connectivity index (χ1) is 16.3. The average Bonchev–Trinajstić information content (AvgIpc) is 3.50. The van der Waals surface area contributed by atoms with Crippen molar-refractivity contribution in [3.05, 3.63) is 54.6 Å². The number of nitrogens with one attached hydrogen (secondary N) is 2. The van der Waals surface area contributed by atoms with Gasteiger partial charge in [-0.15, -0.1) is 0 Å². The first-order valence-corrected chi connectivity index (χ1v) is 11.6. The smallest absolute Gasteiger partial charge is 0.426 e. The van der Waals surface area contributed by atoms with Crippen molar-refractivity contribution in [1.29, 1.82) is 0 Å². The van der Waals surface area contributed by atoms with Crippen molar-refractivity contribution in [3.63, 3.8) is 0 Å². The number of hydrogen-bond donors (Lipinski definition) is 4. The van der Waals surface area contributed by atoms with E-state index in [2.05, 4.69) is 15.6 Å². The molecule has 0 bridgehead atoms. The van der Waals surface area contributed by atoms with Gasteiger partial charge in [-0.25, -0.2) is 4.98 Å². The highest BCUT2D eigenvalue weighted by Gasteiger charge is 2.39. The van der Waals surface area contributed by atoms with Gasteiger partial charge in [0.05, 0.1) is 12.3 Å². The van der Waals surface area contributed by atoms with E-state index in [-0.39, 0.29) is 11.8 Å². The monoisotopic (exact) mass is 469 g/mol. The predicted octanol–water partition coefficient (Wildman–Crippen LogP) is -0.101. The number of benzene rings is 1. The van der Waals surface area contributed by atoms with Crippen molar-refractivity contribution in [1.82, 2.24) is 25.1 Å². The number of rotatable bonds is 11. The van der Waals surface area contributed by atoms with Crippen molar-refractivity contribution in [2.24, 2.45) is 0 Å². The van der Waals surface area contributed by atoms with Gasteiger partial charge in [0, 0.05) is 38.8 Å². The molecule has 0 aliphatic carbocycles. The summed E-state index contributed by atoms with van der Waals surface area (Å²) in [5.41, 5.74) is 0.899. The quantitative estimate of drug-likeness (QED) is 0.340. The van der Waals surface area contributed by atoms with Crippen LogP contribution in [0.5, 0.6) is 0 Å². The van der Waals surface area contributed by atoms with Crippen LogP contribution in [-0.4, -0.2) is 73.9 Å². The number of aryl methyl sites for hydroxylation is 1. The summed E-state index contributed by atoms with van der Waals surface area (Å²) in [4.78, 5) is 43.6. The zero-order valence-electron chi connectivity index (χ0n) is 19.3. The molecule has 11 heteroatoms. The van der Waals surface area contributed by atoms with E-state index in [4.69, 9.17) is 0 Å². The zero-order chi connectivity index (χ0) is 24.5. The molecule has 1 aromatic carbocycles. The van der Waals surface area contributed by atoms with Crippen molar-refractivity contribution in [2.75, 3.05) is 6.54 Å². The molecule has 1 aliphatic heterocycles. The number of aromatic nitrogens is 2. The summed E-state index contributed by atoms with van der Waals surface area (Å²) < 4.78 is 1.87. The van der Waals surface area contributed by atoms with Crippen LogP contribution in [0.3, 0.4) is 0 Å². The summed E-state index contributed by atoms with van der Waals surface area (Å²) in [7, 11) is -1.72. The molecule has 3 amide bonds. The largest absolute Gasteiger partial charge is 0.475 e. The molecule has 182 valence electrons. The molecule has 3 atom stereocenters. The summed E-state index contributed by atoms with van der Waals surface area (Å²) in [5, 5.41) is 25.0. The summed E-state index contributed by atoms with van der Waals surface area (Å²) in [6.07, 6.45) is 7.54. The molecule has 1 fully saturated rings. The van der Waals surface area contributed by atoms with Gasteiger partial charge in [0.25, 0.3) is 0 Å². The Labute approximate surface area is 199 Å². The molecule has 0 radical (unpaired) electrons. The lowest BCUT2D eigenvalue weighted by atomic mass is 9.76. The molecule has 0 saturated carbocycles. The topological polar surface area (TPSA) is 137 Å². The normalized spacial score (nSPS) is 17.1. The fraction of sp³-hybridized carbons (Fsp3) is 0.478. The Kier molecular flexibility index (Phi) is 9.23. The molecule has 1 saturated heterocycles. The maximum atomic E-state index is 13.3. The SMILES string of the molecule is CC(=O)N[C@H](Cc1ccccc1)C(=O)N1CCC[C@H]1C(=O)NC(CCCn1ccnc1)B(O)O. The number of likely N-dealkylation sites (tertiary alicyclic amines) is 1. The Bertz CT molecular complexity index is 940. The summed E-state index contributed by atoms with van der Waals surface area (Å²) in [6.45, 7) is 2.39. The number of hydrogen-bond acceptors (Lipinski definition) is 6. The Morgan fingerprint density at radius 1 is 1.21 bits per heavy atom. The molecule has 34 heavy (non-hydrogen) atoms. The standard InChI is InChI=1S/C23H32BN5O5/c1-17(30)26-19(15-18-7-3-2-4-8-18)23(32)29-13-5-9-20(29)22(31)27-21(24(33)34)10-6-12-28-14-11-25-16-28/h2-4,7-8,11,14,16,19-21,33-34H,5-6,9-10,12-13,15H2,1H3,(H,26,30)(H,27,31)/t19-,20+,21?/m1/s1. The second-order valence-electron chi connectivity index (χ2n) is 8.60. The van der Waals surface area contributed by atoms with E-state index in [9.17, 15) is 24.4 Å². The van der Waals surface area contributed by atoms with E-state index in [1.165, 1.54) is 11.8 Å². The van der Waals surface area contributed by atoms with E-state index in [1.54, 1.807) is 12.5 Å². The second-order valence-corrected chi connectivity index (χ2v) is 8.60. The van der Waals surface area contributed by atoms with Crippen LogP contribution in [0.25, 0.3) is 0 Å². The van der Waals surface area contributed by atoms with E-state index in [0.717, 1.165) is 5.56 Å². The van der Waals surface area contributed by atoms with Crippen LogP contribution in [0.15, 0.2) is 49.1 Å². The average molecular weight is 469 g/mol. The Morgan fingerprint density at radius 3 is 2.62 bits per heavy atom. The van der Waals surface area contributed by atoms with Crippen LogP contribution in [0.4, 0.5) is 0 Å². The third kappa shape index (κ3) is 7.16. The van der Waals surface area contributed by atoms with Crippen molar-refractivity contribution < 1.29 is 24.4 Å². The van der Waals surface area contributed by atoms with E-state index in [1.807, 2.05) is 41.1 Å². The van der Waals surface area contributed by atoms with Crippen molar-refractivity contribution in [3.8, 4) is 0 Å². The van der Waals surface area contributed by atoms with E-state index in [0.29, 0.717) is 45.2 Å². The summed E-state index contributed by atoms with van der Waals surface area (Å²) in [6, 6.07) is 7.85. The molecule has 10 nitrogen and oxygen atoms in total. The molecule has 2 aromatic rings. The van der Waals surface area contributed by atoms with Crippen LogP contribution in [0.1, 0.15) is 38.2 Å². The van der Waals surface area contributed by atoms with Crippen LogP contribution < -0.4 is 10.6 Å². The number of amides is 3. The first kappa shape index (κ1) is 25.4. The summed E-state index contributed by atoms with van der Waals surface area (Å²) >= 11 is 0. The Hall–Kier alpha value is -3.18. The van der Waals surface area contributed by atoms with Gasteiger partial charge in [-0.1, -0.05) is 30.3 Å². The van der Waals surface area contributed by atoms with Gasteiger partial charge in [-0.2, -0.15) is 0 Å². The third-order valence-electron chi connectivity index (χ3n) is 5.97. The minimum atomic E-state index is -1.72. The Morgan fingerprint density at radius 2 is 1.97 bits per heavy atom. The van der Waals surface area contributed by atoms with Gasteiger partial charge in [0.15, 0.2) is 0 Å². The lowest BCUT2D eigenvalue weighted by molar-refractivity contribution is -0.141. The highest BCUT2D eigenvalue weighted by Crippen LogP contribution is 2.20. The van der Waals surface area contributed by atoms with Gasteiger partial charge < -0.3 is 30.1 Å². The number of carbonyl (C=O) groups is 3. The third-order valence-corrected chi connectivity index (χ3v) is 5.97. The lowest BCUT2D eigenvalue weighted by Crippen LogP contribution is -2.56.